The molecule has 0 aliphatic carbocycles. The number of ether oxygens (including phenoxy) is 1. The lowest BCUT2D eigenvalue weighted by Crippen LogP contribution is -2.11. The molecule has 0 unspecified atom stereocenters. The molecular weight excluding hydrogens is 462 g/mol. The molecule has 0 bridgehead atoms. The third-order valence-electron chi connectivity index (χ3n) is 5.14. The summed E-state index contributed by atoms with van der Waals surface area (Å²) >= 11 is 0. The van der Waals surface area contributed by atoms with Crippen molar-refractivity contribution in [2.45, 2.75) is 12.4 Å². The van der Waals surface area contributed by atoms with E-state index in [1.165, 1.54) is 6.26 Å². The smallest absolute Gasteiger partial charge is 0.416 e. The molecule has 0 spiro atoms. The summed E-state index contributed by atoms with van der Waals surface area (Å²) in [5, 5.41) is 10.5. The molecule has 3 aromatic carbocycles. The SMILES string of the molecule is FC(F)(F)c1cc(Oc2nnc(-c3ccco3)c3cc4ccccc4cc23)cc(C(F)(F)F)c1. The molecule has 2 heterocycles. The van der Waals surface area contributed by atoms with Crippen molar-refractivity contribution in [1.82, 2.24) is 10.2 Å². The highest BCUT2D eigenvalue weighted by Gasteiger charge is 2.37. The maximum atomic E-state index is 13.3. The molecule has 34 heavy (non-hydrogen) atoms. The fourth-order valence-corrected chi connectivity index (χ4v) is 3.58. The van der Waals surface area contributed by atoms with Crippen LogP contribution in [0.3, 0.4) is 0 Å². The van der Waals surface area contributed by atoms with Gasteiger partial charge in [0.25, 0.3) is 0 Å². The van der Waals surface area contributed by atoms with E-state index >= 15 is 0 Å². The van der Waals surface area contributed by atoms with Crippen LogP contribution < -0.4 is 4.74 Å². The van der Waals surface area contributed by atoms with Gasteiger partial charge in [-0.1, -0.05) is 24.3 Å². The summed E-state index contributed by atoms with van der Waals surface area (Å²) in [7, 11) is 0. The van der Waals surface area contributed by atoms with Crippen LogP contribution in [0.4, 0.5) is 26.3 Å². The number of nitrogens with zero attached hydrogens (tertiary/aromatic N) is 2. The second kappa shape index (κ2) is 7.75. The van der Waals surface area contributed by atoms with Crippen LogP contribution in [0.1, 0.15) is 11.1 Å². The number of alkyl halides is 6. The number of benzene rings is 3. The van der Waals surface area contributed by atoms with Gasteiger partial charge in [-0.15, -0.1) is 10.2 Å². The lowest BCUT2D eigenvalue weighted by Gasteiger charge is -2.15. The second-order valence-corrected chi connectivity index (χ2v) is 7.42. The van der Waals surface area contributed by atoms with Gasteiger partial charge >= 0.3 is 12.4 Å². The van der Waals surface area contributed by atoms with E-state index in [0.29, 0.717) is 34.4 Å². The first-order valence-electron chi connectivity index (χ1n) is 9.80. The van der Waals surface area contributed by atoms with Crippen LogP contribution in [0.25, 0.3) is 33.0 Å². The van der Waals surface area contributed by atoms with Crippen molar-refractivity contribution in [3.63, 3.8) is 0 Å². The zero-order chi connectivity index (χ0) is 24.1. The molecule has 0 saturated heterocycles. The lowest BCUT2D eigenvalue weighted by molar-refractivity contribution is -0.143. The highest BCUT2D eigenvalue weighted by atomic mass is 19.4. The predicted octanol–water partition coefficient (Wildman–Crippen LogP) is 7.87. The molecule has 0 atom stereocenters. The molecule has 0 radical (unpaired) electrons. The minimum atomic E-state index is -5.01. The van der Waals surface area contributed by atoms with Crippen LogP contribution in [0.15, 0.2) is 77.4 Å². The van der Waals surface area contributed by atoms with Crippen molar-refractivity contribution in [2.75, 3.05) is 0 Å². The molecule has 0 saturated carbocycles. The van der Waals surface area contributed by atoms with Gasteiger partial charge in [0.1, 0.15) is 11.4 Å². The molecule has 10 heteroatoms. The maximum Gasteiger partial charge on any atom is 0.416 e. The fraction of sp³-hybridized carbons (Fsp3) is 0.0833. The average molecular weight is 474 g/mol. The van der Waals surface area contributed by atoms with Crippen molar-refractivity contribution in [3.8, 4) is 23.1 Å². The summed E-state index contributed by atoms with van der Waals surface area (Å²) in [6.45, 7) is 0. The van der Waals surface area contributed by atoms with E-state index in [-0.39, 0.29) is 11.9 Å². The predicted molar refractivity (Wildman–Crippen MR) is 111 cm³/mol. The Hall–Kier alpha value is -4.08. The Morgan fingerprint density at radius 1 is 0.676 bits per heavy atom. The molecule has 0 aliphatic rings. The van der Waals surface area contributed by atoms with Gasteiger partial charge in [-0.2, -0.15) is 26.3 Å². The lowest BCUT2D eigenvalue weighted by atomic mass is 10.0. The Labute approximate surface area is 187 Å². The van der Waals surface area contributed by atoms with Crippen molar-refractivity contribution in [1.29, 1.82) is 0 Å². The first-order chi connectivity index (χ1) is 16.1. The number of aromatic nitrogens is 2. The molecule has 0 amide bonds. The Kier molecular flexibility index (Phi) is 4.96. The van der Waals surface area contributed by atoms with E-state index < -0.39 is 29.2 Å². The molecule has 0 aliphatic heterocycles. The molecule has 0 N–H and O–H groups in total. The Morgan fingerprint density at radius 2 is 1.29 bits per heavy atom. The molecular formula is C24H12F6N2O2. The number of hydrogen-bond acceptors (Lipinski definition) is 4. The van der Waals surface area contributed by atoms with E-state index in [1.54, 1.807) is 36.4 Å². The number of furan rings is 1. The zero-order valence-corrected chi connectivity index (χ0v) is 16.9. The van der Waals surface area contributed by atoms with Crippen molar-refractivity contribution < 1.29 is 35.5 Å². The summed E-state index contributed by atoms with van der Waals surface area (Å²) in [4.78, 5) is 0. The van der Waals surface area contributed by atoms with E-state index in [2.05, 4.69) is 10.2 Å². The highest BCUT2D eigenvalue weighted by molar-refractivity contribution is 6.05. The first-order valence-corrected chi connectivity index (χ1v) is 9.80. The van der Waals surface area contributed by atoms with Gasteiger partial charge in [-0.05, 0) is 53.2 Å². The van der Waals surface area contributed by atoms with Crippen LogP contribution in [-0.2, 0) is 12.4 Å². The van der Waals surface area contributed by atoms with Crippen LogP contribution in [0.2, 0.25) is 0 Å². The van der Waals surface area contributed by atoms with E-state index in [4.69, 9.17) is 9.15 Å². The number of hydrogen-bond donors (Lipinski definition) is 0. The van der Waals surface area contributed by atoms with Gasteiger partial charge in [0.05, 0.1) is 17.4 Å². The van der Waals surface area contributed by atoms with Crippen molar-refractivity contribution in [2.24, 2.45) is 0 Å². The van der Waals surface area contributed by atoms with Gasteiger partial charge in [0, 0.05) is 10.8 Å². The largest absolute Gasteiger partial charge is 0.463 e. The zero-order valence-electron chi connectivity index (χ0n) is 16.9. The Morgan fingerprint density at radius 3 is 1.85 bits per heavy atom. The summed E-state index contributed by atoms with van der Waals surface area (Å²) in [5.74, 6) is -0.530. The first kappa shape index (κ1) is 21.7. The standard InChI is InChI=1S/C24H12F6N2O2/c25-23(26,27)15-10-16(24(28,29)30)12-17(11-15)34-22-19-9-14-5-2-1-4-13(14)8-18(19)21(31-32-22)20-6-3-7-33-20/h1-12H. The summed E-state index contributed by atoms with van der Waals surface area (Å²) in [5.41, 5.74) is -2.64. The summed E-state index contributed by atoms with van der Waals surface area (Å²) < 4.78 is 90.4. The minimum Gasteiger partial charge on any atom is -0.463 e. The van der Waals surface area contributed by atoms with Crippen LogP contribution in [-0.4, -0.2) is 10.2 Å². The molecule has 2 aromatic heterocycles. The molecule has 5 rings (SSSR count). The number of fused-ring (bicyclic) bond motifs is 2. The molecule has 4 nitrogen and oxygen atoms in total. The van der Waals surface area contributed by atoms with E-state index in [9.17, 15) is 26.3 Å². The van der Waals surface area contributed by atoms with Crippen LogP contribution in [0, 0.1) is 0 Å². The van der Waals surface area contributed by atoms with Gasteiger partial charge in [-0.25, -0.2) is 0 Å². The van der Waals surface area contributed by atoms with Gasteiger partial charge in [0.15, 0.2) is 5.76 Å². The van der Waals surface area contributed by atoms with Gasteiger partial charge in [0.2, 0.25) is 5.88 Å². The van der Waals surface area contributed by atoms with Crippen molar-refractivity contribution >= 4 is 21.5 Å². The normalized spacial score (nSPS) is 12.4. The average Bonchev–Trinajstić information content (AvgIpc) is 3.31. The van der Waals surface area contributed by atoms with E-state index in [0.717, 1.165) is 10.8 Å². The maximum absolute atomic E-state index is 13.3. The van der Waals surface area contributed by atoms with Crippen LogP contribution >= 0.6 is 0 Å². The summed E-state index contributed by atoms with van der Waals surface area (Å²) in [6.07, 6.45) is -8.57. The summed E-state index contributed by atoms with van der Waals surface area (Å²) in [6, 6.07) is 15.0. The number of halogens is 6. The minimum absolute atomic E-state index is 0.0319. The monoisotopic (exact) mass is 474 g/mol. The second-order valence-electron chi connectivity index (χ2n) is 7.42. The van der Waals surface area contributed by atoms with E-state index in [1.807, 2.05) is 12.1 Å². The molecule has 0 fully saturated rings. The third-order valence-corrected chi connectivity index (χ3v) is 5.14. The van der Waals surface area contributed by atoms with Gasteiger partial charge in [-0.3, -0.25) is 0 Å². The molecule has 5 aromatic rings. The highest BCUT2D eigenvalue weighted by Crippen LogP contribution is 2.41. The Bertz CT molecular complexity index is 1480. The van der Waals surface area contributed by atoms with Crippen molar-refractivity contribution in [3.05, 3.63) is 84.1 Å². The molecule has 172 valence electrons. The quantitative estimate of drug-likeness (QED) is 0.197. The van der Waals surface area contributed by atoms with Gasteiger partial charge < -0.3 is 9.15 Å². The van der Waals surface area contributed by atoms with Crippen LogP contribution in [0.5, 0.6) is 11.6 Å². The number of rotatable bonds is 3. The fourth-order valence-electron chi connectivity index (χ4n) is 3.58. The Balaban J connectivity index is 1.71. The third kappa shape index (κ3) is 4.02. The topological polar surface area (TPSA) is 48.2 Å².